The van der Waals surface area contributed by atoms with Crippen molar-refractivity contribution in [1.29, 1.82) is 0 Å². The summed E-state index contributed by atoms with van der Waals surface area (Å²) < 4.78 is 0.931. The summed E-state index contributed by atoms with van der Waals surface area (Å²) in [4.78, 5) is 22.6. The fourth-order valence-electron chi connectivity index (χ4n) is 1.66. The normalized spacial score (nSPS) is 10.8. The van der Waals surface area contributed by atoms with Crippen LogP contribution in [0.2, 0.25) is 0 Å². The smallest absolute Gasteiger partial charge is 0.328 e. The number of hydrogen-bond acceptors (Lipinski definition) is 4. The van der Waals surface area contributed by atoms with Crippen LogP contribution in [0.25, 0.3) is 6.08 Å². The molecule has 7 heteroatoms. The topological polar surface area (TPSA) is 80.4 Å². The first kappa shape index (κ1) is 16.3. The van der Waals surface area contributed by atoms with Gasteiger partial charge in [0.25, 0.3) is 5.69 Å². The standard InChI is InChI=1S/C15H10BrNO4S/c16-11-3-5-12(6-4-11)22-14-7-1-10(2-8-15(18)19)9-13(14)17(20)21/h1-9H,(H,18,19)/b8-2+. The molecule has 0 fully saturated rings. The van der Waals surface area contributed by atoms with Gasteiger partial charge in [-0.05, 0) is 42.0 Å². The summed E-state index contributed by atoms with van der Waals surface area (Å²) in [5, 5.41) is 19.8. The third-order valence-electron chi connectivity index (χ3n) is 2.64. The number of carbonyl (C=O) groups is 1. The van der Waals surface area contributed by atoms with Crippen LogP contribution in [0.5, 0.6) is 0 Å². The quantitative estimate of drug-likeness (QED) is 0.466. The van der Waals surface area contributed by atoms with Crippen LogP contribution in [0, 0.1) is 10.1 Å². The van der Waals surface area contributed by atoms with Gasteiger partial charge in [0.05, 0.1) is 9.82 Å². The van der Waals surface area contributed by atoms with Gasteiger partial charge in [-0.1, -0.05) is 33.8 Å². The van der Waals surface area contributed by atoms with Crippen molar-refractivity contribution >= 4 is 45.4 Å². The summed E-state index contributed by atoms with van der Waals surface area (Å²) in [5.74, 6) is -1.10. The van der Waals surface area contributed by atoms with Gasteiger partial charge in [0.1, 0.15) is 0 Å². The molecular formula is C15H10BrNO4S. The molecule has 0 heterocycles. The molecule has 0 aliphatic rings. The van der Waals surface area contributed by atoms with E-state index in [4.69, 9.17) is 5.11 Å². The lowest BCUT2D eigenvalue weighted by molar-refractivity contribution is -0.387. The lowest BCUT2D eigenvalue weighted by atomic mass is 10.2. The maximum absolute atomic E-state index is 11.2. The van der Waals surface area contributed by atoms with Gasteiger partial charge in [0, 0.05) is 21.5 Å². The second kappa shape index (κ2) is 7.24. The first-order valence-corrected chi connectivity index (χ1v) is 7.69. The molecule has 0 saturated heterocycles. The van der Waals surface area contributed by atoms with Crippen molar-refractivity contribution in [1.82, 2.24) is 0 Å². The van der Waals surface area contributed by atoms with E-state index < -0.39 is 10.9 Å². The van der Waals surface area contributed by atoms with Crippen LogP contribution < -0.4 is 0 Å². The number of aliphatic carboxylic acids is 1. The van der Waals surface area contributed by atoms with Crippen molar-refractivity contribution < 1.29 is 14.8 Å². The van der Waals surface area contributed by atoms with Crippen molar-refractivity contribution in [3.63, 3.8) is 0 Å². The molecule has 0 radical (unpaired) electrons. The Morgan fingerprint density at radius 1 is 1.23 bits per heavy atom. The first-order valence-electron chi connectivity index (χ1n) is 6.08. The van der Waals surface area contributed by atoms with E-state index in [1.54, 1.807) is 12.1 Å². The van der Waals surface area contributed by atoms with E-state index in [0.29, 0.717) is 10.5 Å². The molecule has 2 aromatic carbocycles. The molecule has 0 aliphatic heterocycles. The summed E-state index contributed by atoms with van der Waals surface area (Å²) in [6, 6.07) is 12.1. The molecule has 2 rings (SSSR count). The second-order valence-electron chi connectivity index (χ2n) is 4.21. The molecule has 0 unspecified atom stereocenters. The van der Waals surface area contributed by atoms with E-state index in [-0.39, 0.29) is 5.69 Å². The minimum absolute atomic E-state index is 0.0551. The van der Waals surface area contributed by atoms with E-state index >= 15 is 0 Å². The molecule has 0 saturated carbocycles. The van der Waals surface area contributed by atoms with Crippen LogP contribution in [0.15, 0.2) is 62.8 Å². The Bertz CT molecular complexity index is 744. The zero-order valence-electron chi connectivity index (χ0n) is 11.1. The summed E-state index contributed by atoms with van der Waals surface area (Å²) in [6.07, 6.45) is 2.27. The Hall–Kier alpha value is -2.12. The zero-order valence-corrected chi connectivity index (χ0v) is 13.5. The molecule has 0 spiro atoms. The maximum Gasteiger partial charge on any atom is 0.328 e. The molecule has 0 aliphatic carbocycles. The fourth-order valence-corrected chi connectivity index (χ4v) is 2.83. The molecule has 5 nitrogen and oxygen atoms in total. The summed E-state index contributed by atoms with van der Waals surface area (Å²) in [7, 11) is 0. The van der Waals surface area contributed by atoms with Gasteiger partial charge >= 0.3 is 5.97 Å². The lowest BCUT2D eigenvalue weighted by Crippen LogP contribution is -1.92. The van der Waals surface area contributed by atoms with Crippen molar-refractivity contribution in [2.24, 2.45) is 0 Å². The minimum atomic E-state index is -1.10. The SMILES string of the molecule is O=C(O)/C=C/c1ccc(Sc2ccc(Br)cc2)c([N+](=O)[O-])c1. The van der Waals surface area contributed by atoms with Crippen LogP contribution in [0.4, 0.5) is 5.69 Å². The van der Waals surface area contributed by atoms with Gasteiger partial charge in [-0.15, -0.1) is 0 Å². The van der Waals surface area contributed by atoms with Crippen LogP contribution >= 0.6 is 27.7 Å². The van der Waals surface area contributed by atoms with Gasteiger partial charge in [0.15, 0.2) is 0 Å². The Morgan fingerprint density at radius 3 is 2.50 bits per heavy atom. The third kappa shape index (κ3) is 4.44. The molecule has 1 N–H and O–H groups in total. The van der Waals surface area contributed by atoms with Crippen molar-refractivity contribution in [3.05, 3.63) is 68.7 Å². The lowest BCUT2D eigenvalue weighted by Gasteiger charge is -2.04. The maximum atomic E-state index is 11.2. The van der Waals surface area contributed by atoms with E-state index in [9.17, 15) is 14.9 Å². The van der Waals surface area contributed by atoms with Crippen molar-refractivity contribution in [2.45, 2.75) is 9.79 Å². The third-order valence-corrected chi connectivity index (χ3v) is 4.24. The number of carboxylic acid groups (broad SMARTS) is 1. The first-order chi connectivity index (χ1) is 10.5. The molecule has 0 amide bonds. The summed E-state index contributed by atoms with van der Waals surface area (Å²) >= 11 is 4.62. The number of nitrogens with zero attached hydrogens (tertiary/aromatic N) is 1. The number of hydrogen-bond donors (Lipinski definition) is 1. The predicted octanol–water partition coefficient (Wildman–Crippen LogP) is 4.61. The Kier molecular flexibility index (Phi) is 5.35. The number of nitro groups is 1. The molecule has 0 bridgehead atoms. The van der Waals surface area contributed by atoms with Crippen LogP contribution in [0.1, 0.15) is 5.56 Å². The molecular weight excluding hydrogens is 370 g/mol. The zero-order chi connectivity index (χ0) is 16.1. The van der Waals surface area contributed by atoms with Crippen molar-refractivity contribution in [2.75, 3.05) is 0 Å². The molecule has 0 aromatic heterocycles. The highest BCUT2D eigenvalue weighted by Gasteiger charge is 2.15. The minimum Gasteiger partial charge on any atom is -0.478 e. The number of rotatable bonds is 5. The number of nitro benzene ring substituents is 1. The largest absolute Gasteiger partial charge is 0.478 e. The average Bonchev–Trinajstić information content (AvgIpc) is 2.48. The summed E-state index contributed by atoms with van der Waals surface area (Å²) in [6.45, 7) is 0. The molecule has 0 atom stereocenters. The van der Waals surface area contributed by atoms with Gasteiger partial charge in [0.2, 0.25) is 0 Å². The average molecular weight is 380 g/mol. The summed E-state index contributed by atoms with van der Waals surface area (Å²) in [5.41, 5.74) is 0.412. The fraction of sp³-hybridized carbons (Fsp3) is 0. The Morgan fingerprint density at radius 2 is 1.91 bits per heavy atom. The number of halogens is 1. The monoisotopic (exact) mass is 379 g/mol. The molecule has 2 aromatic rings. The van der Waals surface area contributed by atoms with E-state index in [2.05, 4.69) is 15.9 Å². The Labute approximate surface area is 138 Å². The number of benzene rings is 2. The van der Waals surface area contributed by atoms with Gasteiger partial charge < -0.3 is 5.11 Å². The number of carboxylic acids is 1. The van der Waals surface area contributed by atoms with E-state index in [1.165, 1.54) is 23.9 Å². The second-order valence-corrected chi connectivity index (χ2v) is 6.24. The molecule has 112 valence electrons. The highest BCUT2D eigenvalue weighted by atomic mass is 79.9. The molecule has 22 heavy (non-hydrogen) atoms. The van der Waals surface area contributed by atoms with Crippen molar-refractivity contribution in [3.8, 4) is 0 Å². The van der Waals surface area contributed by atoms with Gasteiger partial charge in [-0.2, -0.15) is 0 Å². The Balaban J connectivity index is 2.32. The van der Waals surface area contributed by atoms with Crippen LogP contribution in [0.3, 0.4) is 0 Å². The van der Waals surface area contributed by atoms with Gasteiger partial charge in [-0.25, -0.2) is 4.79 Å². The van der Waals surface area contributed by atoms with Crippen LogP contribution in [-0.4, -0.2) is 16.0 Å². The van der Waals surface area contributed by atoms with Gasteiger partial charge in [-0.3, -0.25) is 10.1 Å². The van der Waals surface area contributed by atoms with E-state index in [1.807, 2.05) is 24.3 Å². The predicted molar refractivity (Wildman–Crippen MR) is 88.0 cm³/mol. The van der Waals surface area contributed by atoms with Crippen LogP contribution in [-0.2, 0) is 4.79 Å². The highest BCUT2D eigenvalue weighted by molar-refractivity contribution is 9.10. The van der Waals surface area contributed by atoms with E-state index in [0.717, 1.165) is 15.4 Å². The highest BCUT2D eigenvalue weighted by Crippen LogP contribution is 2.36.